The van der Waals surface area contributed by atoms with Crippen molar-refractivity contribution in [1.82, 2.24) is 4.57 Å². The number of anilines is 1. The number of amides is 1. The number of fused-ring (bicyclic) bond motifs is 3. The van der Waals surface area contributed by atoms with Gasteiger partial charge in [0.15, 0.2) is 0 Å². The van der Waals surface area contributed by atoms with Crippen molar-refractivity contribution in [3.8, 4) is 17.0 Å². The second kappa shape index (κ2) is 10.0. The van der Waals surface area contributed by atoms with Gasteiger partial charge in [0.1, 0.15) is 17.0 Å². The average molecular weight is 491 g/mol. The molecule has 2 heterocycles. The summed E-state index contributed by atoms with van der Waals surface area (Å²) in [5.74, 6) is 0.628. The van der Waals surface area contributed by atoms with Gasteiger partial charge in [-0.2, -0.15) is 0 Å². The lowest BCUT2D eigenvalue weighted by Gasteiger charge is -2.39. The zero-order valence-electron chi connectivity index (χ0n) is 21.1. The number of pyridine rings is 1. The van der Waals surface area contributed by atoms with Crippen LogP contribution < -0.4 is 15.5 Å². The molecule has 8 heteroatoms. The number of nitrogens with one attached hydrogen (secondary N) is 1. The number of carbonyl (C=O) groups excluding carboxylic acids is 1. The van der Waals surface area contributed by atoms with Gasteiger partial charge in [0, 0.05) is 44.0 Å². The molecule has 0 bridgehead atoms. The van der Waals surface area contributed by atoms with Crippen LogP contribution in [0.3, 0.4) is 0 Å². The quantitative estimate of drug-likeness (QED) is 0.497. The summed E-state index contributed by atoms with van der Waals surface area (Å²) < 4.78 is 18.4. The van der Waals surface area contributed by atoms with Crippen molar-refractivity contribution in [3.63, 3.8) is 0 Å². The number of methoxy groups -OCH3 is 1. The monoisotopic (exact) mass is 490 g/mol. The standard InChI is InChI=1S/C26H35ClN2O5/c1-25(2,3)23-12-16-11-22(33-10-8-9-32-7)18(27)13-17(16)20-14-21(30)19(15-29(20)23)28-24(31)34-26(4,5)6/h11,13-15,23H,8-10,12H2,1-7H3,(H,28,31). The van der Waals surface area contributed by atoms with Gasteiger partial charge in [0.2, 0.25) is 5.43 Å². The smallest absolute Gasteiger partial charge is 0.412 e. The molecule has 0 fully saturated rings. The Morgan fingerprint density at radius 2 is 1.85 bits per heavy atom. The highest BCUT2D eigenvalue weighted by Gasteiger charge is 2.34. The minimum Gasteiger partial charge on any atom is -0.492 e. The SMILES string of the molecule is COCCCOc1cc2c(cc1Cl)-c1cc(=O)c(NC(=O)OC(C)(C)C)cn1C(C(C)(C)C)C2. The molecule has 1 N–H and O–H groups in total. The molecule has 0 saturated heterocycles. The Labute approximate surface area is 206 Å². The third-order valence-electron chi connectivity index (χ3n) is 5.65. The van der Waals surface area contributed by atoms with E-state index in [4.69, 9.17) is 25.8 Å². The van der Waals surface area contributed by atoms with E-state index in [-0.39, 0.29) is 22.6 Å². The summed E-state index contributed by atoms with van der Waals surface area (Å²) in [6.45, 7) is 12.9. The third-order valence-corrected chi connectivity index (χ3v) is 5.94. The van der Waals surface area contributed by atoms with Crippen molar-refractivity contribution in [2.45, 2.75) is 66.0 Å². The van der Waals surface area contributed by atoms with Crippen LogP contribution in [0.1, 0.15) is 59.6 Å². The minimum atomic E-state index is -0.665. The molecule has 1 aliphatic heterocycles. The van der Waals surface area contributed by atoms with Crippen LogP contribution in [0.25, 0.3) is 11.3 Å². The lowest BCUT2D eigenvalue weighted by atomic mass is 9.79. The highest BCUT2D eigenvalue weighted by Crippen LogP contribution is 2.45. The topological polar surface area (TPSA) is 78.8 Å². The van der Waals surface area contributed by atoms with Gasteiger partial charge in [-0.3, -0.25) is 10.1 Å². The molecule has 186 valence electrons. The van der Waals surface area contributed by atoms with Crippen molar-refractivity contribution in [3.05, 3.63) is 45.2 Å². The fourth-order valence-corrected chi connectivity index (χ4v) is 4.28. The number of benzene rings is 1. The molecule has 7 nitrogen and oxygen atoms in total. The first-order chi connectivity index (χ1) is 15.8. The first-order valence-corrected chi connectivity index (χ1v) is 11.9. The fraction of sp³-hybridized carbons (Fsp3) is 0.538. The summed E-state index contributed by atoms with van der Waals surface area (Å²) in [4.78, 5) is 25.3. The highest BCUT2D eigenvalue weighted by molar-refractivity contribution is 6.32. The van der Waals surface area contributed by atoms with Gasteiger partial charge in [-0.05, 0) is 50.3 Å². The molecule has 0 aliphatic carbocycles. The molecule has 1 atom stereocenters. The van der Waals surface area contributed by atoms with Gasteiger partial charge in [0.25, 0.3) is 0 Å². The summed E-state index contributed by atoms with van der Waals surface area (Å²) in [6.07, 6.45) is 2.54. The Hall–Kier alpha value is -2.51. The lowest BCUT2D eigenvalue weighted by molar-refractivity contribution is 0.0635. The molecule has 2 aromatic rings. The predicted molar refractivity (Wildman–Crippen MR) is 135 cm³/mol. The number of halogens is 1. The van der Waals surface area contributed by atoms with E-state index in [1.807, 2.05) is 12.1 Å². The molecule has 1 aliphatic rings. The number of ether oxygens (including phenoxy) is 3. The van der Waals surface area contributed by atoms with Gasteiger partial charge in [-0.25, -0.2) is 4.79 Å². The predicted octanol–water partition coefficient (Wildman–Crippen LogP) is 6.07. The number of hydrogen-bond acceptors (Lipinski definition) is 5. The van der Waals surface area contributed by atoms with Crippen LogP contribution >= 0.6 is 11.6 Å². The second-order valence-corrected chi connectivity index (χ2v) is 11.1. The van der Waals surface area contributed by atoms with Crippen molar-refractivity contribution in [1.29, 1.82) is 0 Å². The van der Waals surface area contributed by atoms with Gasteiger partial charge in [0.05, 0.1) is 17.3 Å². The molecule has 0 radical (unpaired) electrons. The Morgan fingerprint density at radius 1 is 1.15 bits per heavy atom. The van der Waals surface area contributed by atoms with Gasteiger partial charge < -0.3 is 18.8 Å². The van der Waals surface area contributed by atoms with Crippen LogP contribution in [0.4, 0.5) is 10.5 Å². The molecule has 1 amide bonds. The summed E-state index contributed by atoms with van der Waals surface area (Å²) >= 11 is 6.55. The summed E-state index contributed by atoms with van der Waals surface area (Å²) in [5, 5.41) is 3.10. The first kappa shape index (κ1) is 26.1. The molecule has 0 saturated carbocycles. The van der Waals surface area contributed by atoms with Crippen LogP contribution in [-0.4, -0.2) is 36.6 Å². The Bertz CT molecular complexity index is 1110. The number of hydrogen-bond donors (Lipinski definition) is 1. The van der Waals surface area contributed by atoms with E-state index in [1.165, 1.54) is 0 Å². The normalized spacial score (nSPS) is 15.4. The molecular formula is C26H35ClN2O5. The van der Waals surface area contributed by atoms with Gasteiger partial charge in [-0.1, -0.05) is 32.4 Å². The maximum Gasteiger partial charge on any atom is 0.412 e. The van der Waals surface area contributed by atoms with Crippen molar-refractivity contribution in [2.24, 2.45) is 5.41 Å². The van der Waals surface area contributed by atoms with E-state index in [0.717, 1.165) is 29.7 Å². The zero-order valence-corrected chi connectivity index (χ0v) is 21.8. The van der Waals surface area contributed by atoms with Crippen LogP contribution in [0.2, 0.25) is 5.02 Å². The average Bonchev–Trinajstić information content (AvgIpc) is 2.70. The van der Waals surface area contributed by atoms with Crippen LogP contribution in [0, 0.1) is 5.41 Å². The van der Waals surface area contributed by atoms with E-state index >= 15 is 0 Å². The third kappa shape index (κ3) is 6.13. The zero-order chi connectivity index (χ0) is 25.3. The van der Waals surface area contributed by atoms with Crippen LogP contribution in [0.5, 0.6) is 5.75 Å². The number of aromatic nitrogens is 1. The van der Waals surface area contributed by atoms with E-state index in [9.17, 15) is 9.59 Å². The van der Waals surface area contributed by atoms with Gasteiger partial charge in [-0.15, -0.1) is 0 Å². The summed E-state index contributed by atoms with van der Waals surface area (Å²) in [5.41, 5.74) is 1.81. The van der Waals surface area contributed by atoms with Crippen molar-refractivity contribution >= 4 is 23.4 Å². The molecule has 0 spiro atoms. The molecule has 3 rings (SSSR count). The second-order valence-electron chi connectivity index (χ2n) is 10.7. The Kier molecular flexibility index (Phi) is 7.68. The molecule has 1 aromatic heterocycles. The van der Waals surface area contributed by atoms with Crippen molar-refractivity contribution in [2.75, 3.05) is 25.6 Å². The minimum absolute atomic E-state index is 0.0392. The summed E-state index contributed by atoms with van der Waals surface area (Å²) in [7, 11) is 1.66. The Balaban J connectivity index is 2.03. The maximum atomic E-state index is 13.0. The molecule has 34 heavy (non-hydrogen) atoms. The van der Waals surface area contributed by atoms with E-state index in [2.05, 4.69) is 30.7 Å². The fourth-order valence-electron chi connectivity index (χ4n) is 4.06. The van der Waals surface area contributed by atoms with Crippen molar-refractivity contribution < 1.29 is 19.0 Å². The van der Waals surface area contributed by atoms with E-state index in [1.54, 1.807) is 40.1 Å². The van der Waals surface area contributed by atoms with Gasteiger partial charge >= 0.3 is 6.09 Å². The summed E-state index contributed by atoms with van der Waals surface area (Å²) in [6, 6.07) is 5.42. The molecular weight excluding hydrogens is 456 g/mol. The first-order valence-electron chi connectivity index (χ1n) is 11.5. The van der Waals surface area contributed by atoms with E-state index < -0.39 is 11.7 Å². The number of nitrogens with zero attached hydrogens (tertiary/aromatic N) is 1. The number of carbonyl (C=O) groups is 1. The van der Waals surface area contributed by atoms with E-state index in [0.29, 0.717) is 24.0 Å². The largest absolute Gasteiger partial charge is 0.492 e. The Morgan fingerprint density at radius 3 is 2.47 bits per heavy atom. The maximum absolute atomic E-state index is 13.0. The molecule has 1 unspecified atom stereocenters. The highest BCUT2D eigenvalue weighted by atomic mass is 35.5. The lowest BCUT2D eigenvalue weighted by Crippen LogP contribution is -2.33. The number of rotatable bonds is 6. The van der Waals surface area contributed by atoms with Crippen LogP contribution in [-0.2, 0) is 15.9 Å². The van der Waals surface area contributed by atoms with Crippen LogP contribution in [0.15, 0.2) is 29.2 Å². The molecule has 1 aromatic carbocycles.